The fourth-order valence-corrected chi connectivity index (χ4v) is 3.34. The average molecular weight is 306 g/mol. The highest BCUT2D eigenvalue weighted by Gasteiger charge is 2.24. The molecule has 1 aliphatic heterocycles. The summed E-state index contributed by atoms with van der Waals surface area (Å²) in [5.41, 5.74) is 0. The van der Waals surface area contributed by atoms with Gasteiger partial charge >= 0.3 is 6.03 Å². The monoisotopic (exact) mass is 306 g/mol. The Labute approximate surface area is 127 Å². The molecule has 1 aliphatic rings. The number of amides is 2. The maximum Gasteiger partial charge on any atom is 0.323 e. The van der Waals surface area contributed by atoms with Crippen LogP contribution in [0.15, 0.2) is 17.8 Å². The van der Waals surface area contributed by atoms with E-state index in [4.69, 9.17) is 0 Å². The average Bonchev–Trinajstić information content (AvgIpc) is 3.11. The lowest BCUT2D eigenvalue weighted by atomic mass is 9.95. The Bertz CT molecular complexity index is 596. The van der Waals surface area contributed by atoms with Gasteiger partial charge in [0.25, 0.3) is 0 Å². The molecule has 0 aromatic carbocycles. The van der Waals surface area contributed by atoms with Gasteiger partial charge in [0.2, 0.25) is 0 Å². The van der Waals surface area contributed by atoms with Crippen LogP contribution in [0, 0.1) is 5.92 Å². The molecule has 1 N–H and O–H groups in total. The van der Waals surface area contributed by atoms with Gasteiger partial charge in [0, 0.05) is 38.1 Å². The highest BCUT2D eigenvalue weighted by molar-refractivity contribution is 7.09. The van der Waals surface area contributed by atoms with Crippen molar-refractivity contribution < 1.29 is 4.79 Å². The van der Waals surface area contributed by atoms with E-state index >= 15 is 0 Å². The second-order valence-corrected chi connectivity index (χ2v) is 6.27. The SMILES string of the molecule is Cn1cc(NC(=O)N2CCCC(Cc3nccs3)C2)nn1. The number of aryl methyl sites for hydroxylation is 1. The summed E-state index contributed by atoms with van der Waals surface area (Å²) < 4.78 is 1.57. The normalized spacial score (nSPS) is 18.7. The standard InChI is InChI=1S/C13H18N6OS/c1-18-9-11(16-17-18)15-13(20)19-5-2-3-10(8-19)7-12-14-4-6-21-12/h4,6,9-10H,2-3,5,7-8H2,1H3,(H,15,20). The van der Waals surface area contributed by atoms with Crippen molar-refractivity contribution in [2.24, 2.45) is 13.0 Å². The van der Waals surface area contributed by atoms with E-state index in [1.54, 1.807) is 29.3 Å². The van der Waals surface area contributed by atoms with E-state index in [9.17, 15) is 4.79 Å². The van der Waals surface area contributed by atoms with Crippen LogP contribution in [-0.2, 0) is 13.5 Å². The molecule has 2 aromatic rings. The fraction of sp³-hybridized carbons (Fsp3) is 0.538. The molecule has 0 saturated carbocycles. The first-order valence-corrected chi connectivity index (χ1v) is 7.89. The fourth-order valence-electron chi connectivity index (χ4n) is 2.61. The number of piperidine rings is 1. The Morgan fingerprint density at radius 1 is 1.57 bits per heavy atom. The minimum Gasteiger partial charge on any atom is -0.324 e. The molecule has 3 rings (SSSR count). The number of hydrogen-bond acceptors (Lipinski definition) is 5. The van der Waals surface area contributed by atoms with Crippen molar-refractivity contribution >= 4 is 23.2 Å². The van der Waals surface area contributed by atoms with Crippen LogP contribution in [0.4, 0.5) is 10.6 Å². The number of hydrogen-bond donors (Lipinski definition) is 1. The molecule has 0 radical (unpaired) electrons. The molecule has 2 amide bonds. The summed E-state index contributed by atoms with van der Waals surface area (Å²) in [4.78, 5) is 18.4. The molecule has 1 atom stereocenters. The Morgan fingerprint density at radius 2 is 2.48 bits per heavy atom. The number of rotatable bonds is 3. The zero-order valence-corrected chi connectivity index (χ0v) is 12.7. The first-order valence-electron chi connectivity index (χ1n) is 7.01. The molecule has 0 aliphatic carbocycles. The molecule has 1 fully saturated rings. The van der Waals surface area contributed by atoms with Gasteiger partial charge in [-0.05, 0) is 18.8 Å². The van der Waals surface area contributed by atoms with Crippen LogP contribution < -0.4 is 5.32 Å². The Kier molecular flexibility index (Phi) is 4.14. The largest absolute Gasteiger partial charge is 0.324 e. The lowest BCUT2D eigenvalue weighted by Gasteiger charge is -2.32. The Morgan fingerprint density at radius 3 is 3.19 bits per heavy atom. The van der Waals surface area contributed by atoms with Crippen LogP contribution in [0.2, 0.25) is 0 Å². The van der Waals surface area contributed by atoms with Crippen molar-refractivity contribution in [1.82, 2.24) is 24.9 Å². The quantitative estimate of drug-likeness (QED) is 0.937. The first kappa shape index (κ1) is 14.0. The van der Waals surface area contributed by atoms with Gasteiger partial charge in [-0.2, -0.15) is 0 Å². The molecule has 2 aromatic heterocycles. The first-order chi connectivity index (χ1) is 10.2. The van der Waals surface area contributed by atoms with Gasteiger partial charge in [0.05, 0.1) is 11.2 Å². The molecule has 112 valence electrons. The van der Waals surface area contributed by atoms with Crippen molar-refractivity contribution in [1.29, 1.82) is 0 Å². The number of anilines is 1. The number of nitrogens with zero attached hydrogens (tertiary/aromatic N) is 5. The maximum atomic E-state index is 12.2. The maximum absolute atomic E-state index is 12.2. The predicted molar refractivity (Wildman–Crippen MR) is 80.1 cm³/mol. The van der Waals surface area contributed by atoms with Crippen molar-refractivity contribution in [3.05, 3.63) is 22.8 Å². The third-order valence-electron chi connectivity index (χ3n) is 3.59. The van der Waals surface area contributed by atoms with Crippen molar-refractivity contribution in [2.75, 3.05) is 18.4 Å². The molecule has 21 heavy (non-hydrogen) atoms. The molecular weight excluding hydrogens is 288 g/mol. The summed E-state index contributed by atoms with van der Waals surface area (Å²) in [6.07, 6.45) is 6.65. The molecule has 0 bridgehead atoms. The van der Waals surface area contributed by atoms with Crippen LogP contribution in [0.3, 0.4) is 0 Å². The van der Waals surface area contributed by atoms with Crippen LogP contribution in [0.5, 0.6) is 0 Å². The van der Waals surface area contributed by atoms with E-state index in [1.807, 2.05) is 16.5 Å². The van der Waals surface area contributed by atoms with E-state index in [1.165, 1.54) is 0 Å². The van der Waals surface area contributed by atoms with E-state index in [0.717, 1.165) is 37.4 Å². The third-order valence-corrected chi connectivity index (χ3v) is 4.39. The van der Waals surface area contributed by atoms with Gasteiger partial charge in [-0.1, -0.05) is 5.21 Å². The van der Waals surface area contributed by atoms with Crippen LogP contribution in [0.1, 0.15) is 17.8 Å². The summed E-state index contributed by atoms with van der Waals surface area (Å²) >= 11 is 1.68. The smallest absolute Gasteiger partial charge is 0.323 e. The van der Waals surface area contributed by atoms with Gasteiger partial charge in [-0.25, -0.2) is 9.78 Å². The molecule has 1 unspecified atom stereocenters. The van der Waals surface area contributed by atoms with Gasteiger partial charge in [0.1, 0.15) is 0 Å². The molecule has 8 heteroatoms. The van der Waals surface area contributed by atoms with Crippen LogP contribution in [-0.4, -0.2) is 44.0 Å². The summed E-state index contributed by atoms with van der Waals surface area (Å²) in [6, 6.07) is -0.0978. The number of aromatic nitrogens is 4. The van der Waals surface area contributed by atoms with Crippen molar-refractivity contribution in [3.8, 4) is 0 Å². The second kappa shape index (κ2) is 6.21. The Hall–Kier alpha value is -1.96. The number of nitrogens with one attached hydrogen (secondary N) is 1. The zero-order valence-electron chi connectivity index (χ0n) is 11.9. The molecule has 7 nitrogen and oxygen atoms in total. The highest BCUT2D eigenvalue weighted by atomic mass is 32.1. The summed E-state index contributed by atoms with van der Waals surface area (Å²) in [5.74, 6) is 0.974. The van der Waals surface area contributed by atoms with Crippen molar-refractivity contribution in [2.45, 2.75) is 19.3 Å². The van der Waals surface area contributed by atoms with Gasteiger partial charge in [-0.3, -0.25) is 10.00 Å². The van der Waals surface area contributed by atoms with Gasteiger partial charge < -0.3 is 4.90 Å². The van der Waals surface area contributed by atoms with Gasteiger partial charge in [0.15, 0.2) is 5.82 Å². The number of carbonyl (C=O) groups excluding carboxylic acids is 1. The second-order valence-electron chi connectivity index (χ2n) is 5.29. The van der Waals surface area contributed by atoms with Crippen LogP contribution in [0.25, 0.3) is 0 Å². The van der Waals surface area contributed by atoms with E-state index in [0.29, 0.717) is 11.7 Å². The van der Waals surface area contributed by atoms with E-state index in [2.05, 4.69) is 20.6 Å². The van der Waals surface area contributed by atoms with Gasteiger partial charge in [-0.15, -0.1) is 16.4 Å². The number of thiazole rings is 1. The van der Waals surface area contributed by atoms with E-state index < -0.39 is 0 Å². The molecule has 3 heterocycles. The third kappa shape index (κ3) is 3.57. The molecular formula is C13H18N6OS. The lowest BCUT2D eigenvalue weighted by molar-refractivity contribution is 0.177. The number of likely N-dealkylation sites (tertiary alicyclic amines) is 1. The Balaban J connectivity index is 1.56. The zero-order chi connectivity index (χ0) is 14.7. The summed E-state index contributed by atoms with van der Waals surface area (Å²) in [5, 5.41) is 13.6. The topological polar surface area (TPSA) is 75.9 Å². The molecule has 1 saturated heterocycles. The predicted octanol–water partition coefficient (Wildman–Crippen LogP) is 1.76. The van der Waals surface area contributed by atoms with Crippen LogP contribution >= 0.6 is 11.3 Å². The molecule has 0 spiro atoms. The summed E-state index contributed by atoms with van der Waals surface area (Å²) in [7, 11) is 1.77. The number of urea groups is 1. The minimum atomic E-state index is -0.0978. The summed E-state index contributed by atoms with van der Waals surface area (Å²) in [6.45, 7) is 1.56. The highest BCUT2D eigenvalue weighted by Crippen LogP contribution is 2.22. The van der Waals surface area contributed by atoms with E-state index in [-0.39, 0.29) is 6.03 Å². The number of carbonyl (C=O) groups is 1. The lowest BCUT2D eigenvalue weighted by Crippen LogP contribution is -2.42. The van der Waals surface area contributed by atoms with Crippen molar-refractivity contribution in [3.63, 3.8) is 0 Å². The minimum absolute atomic E-state index is 0.0978.